The molecule has 0 aliphatic heterocycles. The zero-order valence-corrected chi connectivity index (χ0v) is 13.5. The largest absolute Gasteiger partial charge is 0.317 e. The Bertz CT molecular complexity index is 739. The van der Waals surface area contributed by atoms with Crippen LogP contribution in [-0.2, 0) is 11.3 Å². The first kappa shape index (κ1) is 14.2. The third kappa shape index (κ3) is 2.98. The fourth-order valence-electron chi connectivity index (χ4n) is 2.43. The van der Waals surface area contributed by atoms with E-state index in [0.717, 1.165) is 17.2 Å². The molecule has 0 unspecified atom stereocenters. The Labute approximate surface area is 130 Å². The Morgan fingerprint density at radius 2 is 1.62 bits per heavy atom. The van der Waals surface area contributed by atoms with E-state index < -0.39 is 0 Å². The molecule has 0 N–H and O–H groups in total. The lowest BCUT2D eigenvalue weighted by molar-refractivity contribution is 0.525. The van der Waals surface area contributed by atoms with E-state index in [9.17, 15) is 0 Å². The molecule has 3 heteroatoms. The van der Waals surface area contributed by atoms with E-state index in [1.54, 1.807) is 0 Å². The molecule has 21 heavy (non-hydrogen) atoms. The maximum atomic E-state index is 4.85. The average Bonchev–Trinajstić information content (AvgIpc) is 2.85. The van der Waals surface area contributed by atoms with E-state index in [2.05, 4.69) is 79.9 Å². The Balaban J connectivity index is 1.99. The molecule has 1 heterocycles. The van der Waals surface area contributed by atoms with Crippen molar-refractivity contribution in [2.75, 3.05) is 0 Å². The van der Waals surface area contributed by atoms with Crippen LogP contribution in [0.25, 0.3) is 11.0 Å². The van der Waals surface area contributed by atoms with Crippen molar-refractivity contribution < 1.29 is 0 Å². The molecule has 0 aliphatic rings. The maximum Gasteiger partial charge on any atom is 0.116 e. The Kier molecular flexibility index (Phi) is 3.77. The quantitative estimate of drug-likeness (QED) is 0.627. The second kappa shape index (κ2) is 5.57. The van der Waals surface area contributed by atoms with Crippen molar-refractivity contribution >= 4 is 22.8 Å². The van der Waals surface area contributed by atoms with Crippen LogP contribution in [0, 0.1) is 0 Å². The summed E-state index contributed by atoms with van der Waals surface area (Å²) in [4.78, 5) is 6.13. The molecule has 3 rings (SSSR count). The third-order valence-electron chi connectivity index (χ3n) is 3.43. The van der Waals surface area contributed by atoms with Crippen molar-refractivity contribution in [2.45, 2.75) is 37.0 Å². The summed E-state index contributed by atoms with van der Waals surface area (Å²) in [6.45, 7) is 6.66. The minimum Gasteiger partial charge on any atom is -0.317 e. The normalized spacial score (nSPS) is 12.0. The summed E-state index contributed by atoms with van der Waals surface area (Å²) in [5.41, 5.74) is 2.33. The van der Waals surface area contributed by atoms with E-state index in [-0.39, 0.29) is 5.41 Å². The minimum atomic E-state index is 0.0380. The van der Waals surface area contributed by atoms with Gasteiger partial charge >= 0.3 is 0 Å². The van der Waals surface area contributed by atoms with E-state index in [0.29, 0.717) is 0 Å². The third-order valence-corrected chi connectivity index (χ3v) is 4.42. The first-order valence-corrected chi connectivity index (χ1v) is 8.18. The molecule has 0 spiro atoms. The summed E-state index contributed by atoms with van der Waals surface area (Å²) in [6, 6.07) is 18.9. The standard InChI is InChI=1S/C18H20N2S/c1-18(2,3)17-19-15-11-7-8-12-16(15)20(17)13-21-14-9-5-4-6-10-14/h4-12H,13H2,1-3H3. The van der Waals surface area contributed by atoms with Crippen LogP contribution in [0.3, 0.4) is 0 Å². The van der Waals surface area contributed by atoms with Crippen LogP contribution >= 0.6 is 11.8 Å². The number of para-hydroxylation sites is 2. The lowest BCUT2D eigenvalue weighted by atomic mass is 9.96. The monoisotopic (exact) mass is 296 g/mol. The van der Waals surface area contributed by atoms with Crippen LogP contribution in [0.5, 0.6) is 0 Å². The second-order valence-corrected chi connectivity index (χ2v) is 7.21. The molecule has 0 atom stereocenters. The van der Waals surface area contributed by atoms with Gasteiger partial charge in [0.2, 0.25) is 0 Å². The summed E-state index contributed by atoms with van der Waals surface area (Å²) in [5, 5.41) is 0. The van der Waals surface area contributed by atoms with Crippen molar-refractivity contribution in [1.29, 1.82) is 0 Å². The topological polar surface area (TPSA) is 17.8 Å². The maximum absolute atomic E-state index is 4.85. The predicted octanol–water partition coefficient (Wildman–Crippen LogP) is 5.08. The molecule has 0 aliphatic carbocycles. The predicted molar refractivity (Wildman–Crippen MR) is 90.7 cm³/mol. The molecule has 0 amide bonds. The SMILES string of the molecule is CC(C)(C)c1nc2ccccc2n1CSc1ccccc1. The number of hydrogen-bond donors (Lipinski definition) is 0. The zero-order valence-electron chi connectivity index (χ0n) is 12.7. The molecule has 0 fully saturated rings. The van der Waals surface area contributed by atoms with E-state index in [1.807, 2.05) is 11.8 Å². The second-order valence-electron chi connectivity index (χ2n) is 6.19. The van der Waals surface area contributed by atoms with Gasteiger partial charge in [-0.2, -0.15) is 0 Å². The van der Waals surface area contributed by atoms with Gasteiger partial charge in [-0.3, -0.25) is 0 Å². The summed E-state index contributed by atoms with van der Waals surface area (Å²) in [7, 11) is 0. The molecule has 0 saturated heterocycles. The molecule has 108 valence electrons. The van der Waals surface area contributed by atoms with Gasteiger partial charge in [-0.05, 0) is 24.3 Å². The van der Waals surface area contributed by atoms with Crippen molar-refractivity contribution in [3.05, 3.63) is 60.4 Å². The summed E-state index contributed by atoms with van der Waals surface area (Å²) in [6.07, 6.45) is 0. The van der Waals surface area contributed by atoms with E-state index >= 15 is 0 Å². The first-order chi connectivity index (χ1) is 10.1. The zero-order chi connectivity index (χ0) is 14.9. The van der Waals surface area contributed by atoms with E-state index in [1.165, 1.54) is 10.4 Å². The van der Waals surface area contributed by atoms with Gasteiger partial charge in [-0.25, -0.2) is 4.98 Å². The highest BCUT2D eigenvalue weighted by Gasteiger charge is 2.22. The van der Waals surface area contributed by atoms with Crippen LogP contribution in [0.2, 0.25) is 0 Å². The Morgan fingerprint density at radius 1 is 0.952 bits per heavy atom. The summed E-state index contributed by atoms with van der Waals surface area (Å²) < 4.78 is 2.34. The number of nitrogens with zero attached hydrogens (tertiary/aromatic N) is 2. The number of aromatic nitrogens is 2. The lowest BCUT2D eigenvalue weighted by Crippen LogP contribution is -2.18. The highest BCUT2D eigenvalue weighted by atomic mass is 32.2. The minimum absolute atomic E-state index is 0.0380. The van der Waals surface area contributed by atoms with Gasteiger partial charge in [0.05, 0.1) is 16.9 Å². The van der Waals surface area contributed by atoms with Gasteiger partial charge in [0.1, 0.15) is 5.82 Å². The summed E-state index contributed by atoms with van der Waals surface area (Å²) >= 11 is 1.85. The fourth-order valence-corrected chi connectivity index (χ4v) is 3.32. The summed E-state index contributed by atoms with van der Waals surface area (Å²) in [5.74, 6) is 2.03. The molecule has 0 saturated carbocycles. The van der Waals surface area contributed by atoms with Gasteiger partial charge in [0, 0.05) is 10.3 Å². The van der Waals surface area contributed by atoms with Gasteiger partial charge < -0.3 is 4.57 Å². The Morgan fingerprint density at radius 3 is 2.33 bits per heavy atom. The molecule has 0 radical (unpaired) electrons. The van der Waals surface area contributed by atoms with E-state index in [4.69, 9.17) is 4.98 Å². The molecule has 0 bridgehead atoms. The van der Waals surface area contributed by atoms with Crippen LogP contribution in [0.4, 0.5) is 0 Å². The van der Waals surface area contributed by atoms with Crippen LogP contribution in [0.1, 0.15) is 26.6 Å². The van der Waals surface area contributed by atoms with Gasteiger partial charge in [-0.1, -0.05) is 51.1 Å². The number of fused-ring (bicyclic) bond motifs is 1. The Hall–Kier alpha value is -1.74. The fraction of sp³-hybridized carbons (Fsp3) is 0.278. The highest BCUT2D eigenvalue weighted by molar-refractivity contribution is 7.98. The van der Waals surface area contributed by atoms with Gasteiger partial charge in [0.25, 0.3) is 0 Å². The molecular weight excluding hydrogens is 276 g/mol. The lowest BCUT2D eigenvalue weighted by Gasteiger charge is -2.20. The van der Waals surface area contributed by atoms with Crippen molar-refractivity contribution in [1.82, 2.24) is 9.55 Å². The molecule has 2 nitrogen and oxygen atoms in total. The van der Waals surface area contributed by atoms with Crippen LogP contribution in [0.15, 0.2) is 59.5 Å². The number of hydrogen-bond acceptors (Lipinski definition) is 2. The van der Waals surface area contributed by atoms with Crippen LogP contribution < -0.4 is 0 Å². The van der Waals surface area contributed by atoms with Crippen molar-refractivity contribution in [3.8, 4) is 0 Å². The number of thioether (sulfide) groups is 1. The molecule has 3 aromatic rings. The molecular formula is C18H20N2S. The van der Waals surface area contributed by atoms with Gasteiger partial charge in [0.15, 0.2) is 0 Å². The van der Waals surface area contributed by atoms with Crippen molar-refractivity contribution in [2.24, 2.45) is 0 Å². The number of imidazole rings is 1. The average molecular weight is 296 g/mol. The number of benzene rings is 2. The highest BCUT2D eigenvalue weighted by Crippen LogP contribution is 2.29. The molecule has 2 aromatic carbocycles. The number of rotatable bonds is 3. The molecule has 1 aromatic heterocycles. The van der Waals surface area contributed by atoms with Gasteiger partial charge in [-0.15, -0.1) is 11.8 Å². The first-order valence-electron chi connectivity index (χ1n) is 7.19. The van der Waals surface area contributed by atoms with Crippen molar-refractivity contribution in [3.63, 3.8) is 0 Å². The van der Waals surface area contributed by atoms with Crippen LogP contribution in [-0.4, -0.2) is 9.55 Å². The smallest absolute Gasteiger partial charge is 0.116 e.